The SMILES string of the molecule is Cc1cc(O)ccc1S(=O)(=O)c1ccc(C=O)o1. The van der Waals surface area contributed by atoms with Crippen LogP contribution in [0.5, 0.6) is 5.75 Å². The molecule has 0 aliphatic carbocycles. The van der Waals surface area contributed by atoms with E-state index in [2.05, 4.69) is 0 Å². The van der Waals surface area contributed by atoms with Gasteiger partial charge in [0.25, 0.3) is 0 Å². The fourth-order valence-corrected chi connectivity index (χ4v) is 2.99. The number of sulfone groups is 1. The lowest BCUT2D eigenvalue weighted by Gasteiger charge is -2.05. The molecule has 0 saturated heterocycles. The maximum absolute atomic E-state index is 12.2. The molecule has 1 N–H and O–H groups in total. The summed E-state index contributed by atoms with van der Waals surface area (Å²) in [6.07, 6.45) is 0.433. The first-order valence-electron chi connectivity index (χ1n) is 5.05. The molecule has 0 bridgehead atoms. The van der Waals surface area contributed by atoms with Gasteiger partial charge in [-0.1, -0.05) is 0 Å². The van der Waals surface area contributed by atoms with E-state index in [9.17, 15) is 18.3 Å². The summed E-state index contributed by atoms with van der Waals surface area (Å²) < 4.78 is 29.3. The zero-order chi connectivity index (χ0) is 13.3. The predicted molar refractivity (Wildman–Crippen MR) is 62.4 cm³/mol. The van der Waals surface area contributed by atoms with Crippen molar-refractivity contribution in [3.8, 4) is 5.75 Å². The molecule has 6 heteroatoms. The van der Waals surface area contributed by atoms with E-state index in [0.29, 0.717) is 11.8 Å². The van der Waals surface area contributed by atoms with Gasteiger partial charge < -0.3 is 9.52 Å². The molecule has 0 spiro atoms. The van der Waals surface area contributed by atoms with Gasteiger partial charge in [-0.3, -0.25) is 4.79 Å². The van der Waals surface area contributed by atoms with E-state index in [1.54, 1.807) is 6.92 Å². The van der Waals surface area contributed by atoms with Gasteiger partial charge in [0.1, 0.15) is 5.75 Å². The maximum atomic E-state index is 12.2. The van der Waals surface area contributed by atoms with Gasteiger partial charge in [0, 0.05) is 0 Å². The number of hydrogen-bond acceptors (Lipinski definition) is 5. The molecule has 0 aliphatic heterocycles. The number of furan rings is 1. The van der Waals surface area contributed by atoms with Crippen molar-refractivity contribution in [2.24, 2.45) is 0 Å². The number of phenols is 1. The van der Waals surface area contributed by atoms with Crippen LogP contribution >= 0.6 is 0 Å². The highest BCUT2D eigenvalue weighted by molar-refractivity contribution is 7.91. The van der Waals surface area contributed by atoms with Crippen molar-refractivity contribution >= 4 is 16.1 Å². The molecule has 0 atom stereocenters. The average molecular weight is 266 g/mol. The van der Waals surface area contributed by atoms with Crippen molar-refractivity contribution in [2.75, 3.05) is 0 Å². The zero-order valence-corrected chi connectivity index (χ0v) is 10.3. The summed E-state index contributed by atoms with van der Waals surface area (Å²) in [5.41, 5.74) is 0.402. The summed E-state index contributed by atoms with van der Waals surface area (Å²) in [5, 5.41) is 8.96. The number of aryl methyl sites for hydroxylation is 1. The van der Waals surface area contributed by atoms with E-state index in [1.165, 1.54) is 30.3 Å². The van der Waals surface area contributed by atoms with Crippen LogP contribution in [0.4, 0.5) is 0 Å². The minimum absolute atomic E-state index is 0.0144. The quantitative estimate of drug-likeness (QED) is 0.858. The summed E-state index contributed by atoms with van der Waals surface area (Å²) in [4.78, 5) is 10.5. The highest BCUT2D eigenvalue weighted by Gasteiger charge is 2.23. The van der Waals surface area contributed by atoms with Crippen molar-refractivity contribution in [3.05, 3.63) is 41.7 Å². The third-order valence-electron chi connectivity index (χ3n) is 2.43. The minimum Gasteiger partial charge on any atom is -0.508 e. The number of carbonyl (C=O) groups is 1. The number of carbonyl (C=O) groups excluding carboxylic acids is 1. The smallest absolute Gasteiger partial charge is 0.239 e. The summed E-state index contributed by atoms with van der Waals surface area (Å²) in [7, 11) is -3.81. The monoisotopic (exact) mass is 266 g/mol. The molecule has 0 unspecified atom stereocenters. The Kier molecular flexibility index (Phi) is 2.96. The number of phenolic OH excluding ortho intramolecular Hbond substituents is 1. The van der Waals surface area contributed by atoms with Crippen LogP contribution in [0.1, 0.15) is 16.1 Å². The van der Waals surface area contributed by atoms with Gasteiger partial charge in [0.05, 0.1) is 4.90 Å². The molecule has 0 radical (unpaired) electrons. The van der Waals surface area contributed by atoms with Gasteiger partial charge in [-0.05, 0) is 42.8 Å². The van der Waals surface area contributed by atoms with Gasteiger partial charge in [-0.15, -0.1) is 0 Å². The standard InChI is InChI=1S/C12H10O5S/c1-8-6-9(14)2-4-11(8)18(15,16)12-5-3-10(7-13)17-12/h2-7,14H,1H3. The van der Waals surface area contributed by atoms with Crippen molar-refractivity contribution < 1.29 is 22.7 Å². The molecule has 18 heavy (non-hydrogen) atoms. The first-order valence-corrected chi connectivity index (χ1v) is 6.53. The molecule has 2 rings (SSSR count). The molecule has 5 nitrogen and oxygen atoms in total. The van der Waals surface area contributed by atoms with Crippen LogP contribution in [-0.4, -0.2) is 19.8 Å². The normalized spacial score (nSPS) is 11.4. The van der Waals surface area contributed by atoms with Gasteiger partial charge in [-0.2, -0.15) is 0 Å². The highest BCUT2D eigenvalue weighted by atomic mass is 32.2. The molecule has 0 saturated carbocycles. The van der Waals surface area contributed by atoms with E-state index in [1.807, 2.05) is 0 Å². The molecule has 0 fully saturated rings. The molecule has 1 heterocycles. The molecule has 94 valence electrons. The molecule has 1 aromatic carbocycles. The fourth-order valence-electron chi connectivity index (χ4n) is 1.59. The number of benzene rings is 1. The number of aromatic hydroxyl groups is 1. The predicted octanol–water partition coefficient (Wildman–Crippen LogP) is 1.94. The average Bonchev–Trinajstić information content (AvgIpc) is 2.77. The second kappa shape index (κ2) is 4.30. The van der Waals surface area contributed by atoms with Crippen LogP contribution in [0, 0.1) is 6.92 Å². The lowest BCUT2D eigenvalue weighted by Crippen LogP contribution is -2.02. The summed E-state index contributed by atoms with van der Waals surface area (Å²) >= 11 is 0. The summed E-state index contributed by atoms with van der Waals surface area (Å²) in [6, 6.07) is 6.43. The third kappa shape index (κ3) is 2.02. The van der Waals surface area contributed by atoms with Crippen LogP contribution in [-0.2, 0) is 9.84 Å². The fraction of sp³-hybridized carbons (Fsp3) is 0.0833. The Hall–Kier alpha value is -2.08. The first-order chi connectivity index (χ1) is 8.45. The van der Waals surface area contributed by atoms with E-state index < -0.39 is 9.84 Å². The highest BCUT2D eigenvalue weighted by Crippen LogP contribution is 2.27. The second-order valence-electron chi connectivity index (χ2n) is 3.73. The minimum atomic E-state index is -3.81. The molecule has 1 aromatic heterocycles. The second-order valence-corrected chi connectivity index (χ2v) is 5.58. The Labute approximate surface area is 104 Å². The molecule has 0 aliphatic rings. The largest absolute Gasteiger partial charge is 0.508 e. The third-order valence-corrected chi connectivity index (χ3v) is 4.22. The van der Waals surface area contributed by atoms with Gasteiger partial charge in [0.2, 0.25) is 14.9 Å². The molecular formula is C12H10O5S. The summed E-state index contributed by atoms with van der Waals surface area (Å²) in [6.45, 7) is 1.57. The van der Waals surface area contributed by atoms with Crippen molar-refractivity contribution in [3.63, 3.8) is 0 Å². The Balaban J connectivity index is 2.57. The summed E-state index contributed by atoms with van der Waals surface area (Å²) in [5.74, 6) is -0.0653. The lowest BCUT2D eigenvalue weighted by molar-refractivity contribution is 0.109. The van der Waals surface area contributed by atoms with Crippen LogP contribution < -0.4 is 0 Å². The topological polar surface area (TPSA) is 84.6 Å². The van der Waals surface area contributed by atoms with E-state index in [-0.39, 0.29) is 21.5 Å². The number of aldehydes is 1. The maximum Gasteiger partial charge on any atom is 0.239 e. The number of rotatable bonds is 3. The van der Waals surface area contributed by atoms with Crippen LogP contribution in [0.2, 0.25) is 0 Å². The van der Waals surface area contributed by atoms with Crippen molar-refractivity contribution in [1.29, 1.82) is 0 Å². The van der Waals surface area contributed by atoms with E-state index in [4.69, 9.17) is 4.42 Å². The first kappa shape index (κ1) is 12.4. The van der Waals surface area contributed by atoms with Crippen molar-refractivity contribution in [2.45, 2.75) is 16.9 Å². The Morgan fingerprint density at radius 3 is 2.50 bits per heavy atom. The van der Waals surface area contributed by atoms with E-state index in [0.717, 1.165) is 0 Å². The Morgan fingerprint density at radius 2 is 1.94 bits per heavy atom. The molecule has 0 amide bonds. The van der Waals surface area contributed by atoms with Gasteiger partial charge in [-0.25, -0.2) is 8.42 Å². The van der Waals surface area contributed by atoms with Crippen molar-refractivity contribution in [1.82, 2.24) is 0 Å². The van der Waals surface area contributed by atoms with E-state index >= 15 is 0 Å². The van der Waals surface area contributed by atoms with Crippen LogP contribution in [0.15, 0.2) is 44.7 Å². The zero-order valence-electron chi connectivity index (χ0n) is 9.45. The Bertz CT molecular complexity index is 697. The van der Waals surface area contributed by atoms with Crippen LogP contribution in [0.25, 0.3) is 0 Å². The van der Waals surface area contributed by atoms with Crippen LogP contribution in [0.3, 0.4) is 0 Å². The molecule has 2 aromatic rings. The number of hydrogen-bond donors (Lipinski definition) is 1. The van der Waals surface area contributed by atoms with Gasteiger partial charge >= 0.3 is 0 Å². The molecular weight excluding hydrogens is 256 g/mol. The lowest BCUT2D eigenvalue weighted by atomic mass is 10.2. The Morgan fingerprint density at radius 1 is 1.22 bits per heavy atom. The van der Waals surface area contributed by atoms with Gasteiger partial charge in [0.15, 0.2) is 12.0 Å².